The summed E-state index contributed by atoms with van der Waals surface area (Å²) in [5.41, 5.74) is 0.774. The summed E-state index contributed by atoms with van der Waals surface area (Å²) < 4.78 is 23.1. The first-order valence-corrected chi connectivity index (χ1v) is 16.5. The summed E-state index contributed by atoms with van der Waals surface area (Å²) in [5, 5.41) is 2.98. The maximum atomic E-state index is 14.0. The van der Waals surface area contributed by atoms with Crippen molar-refractivity contribution < 1.29 is 33.3 Å². The Balaban J connectivity index is 1.11. The molecule has 3 aromatic carbocycles. The number of hydrogen-bond donors (Lipinski definition) is 0. The Morgan fingerprint density at radius 1 is 0.957 bits per heavy atom. The number of carbonyl (C=O) groups is 3. The van der Waals surface area contributed by atoms with Gasteiger partial charge in [0, 0.05) is 12.4 Å². The summed E-state index contributed by atoms with van der Waals surface area (Å²) >= 11 is 0. The van der Waals surface area contributed by atoms with Gasteiger partial charge in [0.15, 0.2) is 0 Å². The third kappa shape index (κ3) is 6.00. The van der Waals surface area contributed by atoms with Gasteiger partial charge in [-0.25, -0.2) is 0 Å². The number of benzene rings is 3. The van der Waals surface area contributed by atoms with Gasteiger partial charge in [-0.15, -0.1) is 9.24 Å². The van der Waals surface area contributed by atoms with Crippen LogP contribution in [0.2, 0.25) is 0 Å². The Hall–Kier alpha value is -3.90. The predicted molar refractivity (Wildman–Crippen MR) is 179 cm³/mol. The fraction of sp³-hybridized carbons (Fsp3) is 0.432. The Morgan fingerprint density at radius 2 is 1.67 bits per heavy atom. The van der Waals surface area contributed by atoms with Gasteiger partial charge in [0.05, 0.1) is 43.3 Å². The molecule has 2 bridgehead atoms. The molecule has 242 valence electrons. The lowest BCUT2D eigenvalue weighted by Gasteiger charge is -2.36. The van der Waals surface area contributed by atoms with E-state index in [9.17, 15) is 14.4 Å². The van der Waals surface area contributed by atoms with Crippen molar-refractivity contribution in [3.8, 4) is 11.5 Å². The first-order chi connectivity index (χ1) is 22.1. The average Bonchev–Trinajstić information content (AvgIpc) is 3.70. The standard InChI is InChI=1S/C37H42NO7P/c1-37(36(41)44-21-25-10-7-9-22-8-5-6-11-27(22)25)16-14-26(15-17-37)45-30-19-28(29(42-3)20-31(30)46)34(39)38(2)33-24-13-12-23(18-24)32(33)35(40)43-4/h5-13,19-20,23-24,26,32-33H,14-18,21,46H2,1-4H3/t23-,24+,26-,32+,33-,37+/m1/s1. The monoisotopic (exact) mass is 643 g/mol. The van der Waals surface area contributed by atoms with E-state index in [4.69, 9.17) is 18.9 Å². The molecule has 5 atom stereocenters. The molecule has 3 aliphatic rings. The number of carbonyl (C=O) groups excluding carboxylic acids is 3. The van der Waals surface area contributed by atoms with Gasteiger partial charge in [0.2, 0.25) is 0 Å². The summed E-state index contributed by atoms with van der Waals surface area (Å²) in [6.07, 6.45) is 7.50. The summed E-state index contributed by atoms with van der Waals surface area (Å²) in [6, 6.07) is 17.4. The molecule has 0 heterocycles. The summed E-state index contributed by atoms with van der Waals surface area (Å²) in [5.74, 6) is 0.0658. The van der Waals surface area contributed by atoms with Gasteiger partial charge in [0.1, 0.15) is 18.1 Å². The molecule has 2 fully saturated rings. The third-order valence-electron chi connectivity index (χ3n) is 10.3. The SMILES string of the molecule is COC(=O)[C@@H]1[C@H](N(C)C(=O)c2cc(O[C@H]3CC[C@@](C)(C(=O)OCc4cccc5ccccc45)CC3)c(P)cc2OC)[C@H]2C=C[C@@H]1C2. The number of esters is 2. The van der Waals surface area contributed by atoms with E-state index < -0.39 is 11.3 Å². The third-order valence-corrected chi connectivity index (χ3v) is 10.7. The Bertz CT molecular complexity index is 1670. The molecule has 0 N–H and O–H groups in total. The maximum absolute atomic E-state index is 14.0. The van der Waals surface area contributed by atoms with E-state index in [1.54, 1.807) is 24.1 Å². The predicted octanol–water partition coefficient (Wildman–Crippen LogP) is 5.86. The highest BCUT2D eigenvalue weighted by molar-refractivity contribution is 7.27. The Kier molecular flexibility index (Phi) is 9.11. The molecule has 0 saturated heterocycles. The lowest BCUT2D eigenvalue weighted by molar-refractivity contribution is -0.159. The van der Waals surface area contributed by atoms with Crippen molar-refractivity contribution in [2.45, 2.75) is 57.8 Å². The van der Waals surface area contributed by atoms with Crippen LogP contribution in [0.1, 0.15) is 54.9 Å². The van der Waals surface area contributed by atoms with Gasteiger partial charge in [0.25, 0.3) is 5.91 Å². The van der Waals surface area contributed by atoms with E-state index in [0.717, 1.165) is 28.1 Å². The second kappa shape index (κ2) is 13.1. The molecular weight excluding hydrogens is 601 g/mol. The topological polar surface area (TPSA) is 91.4 Å². The molecule has 8 nitrogen and oxygen atoms in total. The molecule has 1 amide bonds. The van der Waals surface area contributed by atoms with E-state index in [1.807, 2.05) is 37.3 Å². The Labute approximate surface area is 272 Å². The first kappa shape index (κ1) is 32.1. The molecular formula is C37H42NO7P. The number of fused-ring (bicyclic) bond motifs is 3. The largest absolute Gasteiger partial charge is 0.496 e. The number of amides is 1. The van der Waals surface area contributed by atoms with Crippen molar-refractivity contribution in [1.82, 2.24) is 4.90 Å². The molecule has 0 spiro atoms. The molecule has 46 heavy (non-hydrogen) atoms. The summed E-state index contributed by atoms with van der Waals surface area (Å²) in [4.78, 5) is 41.6. The van der Waals surface area contributed by atoms with Crippen LogP contribution in [0.3, 0.4) is 0 Å². The summed E-state index contributed by atoms with van der Waals surface area (Å²) in [6.45, 7) is 2.21. The minimum atomic E-state index is -0.594. The normalized spacial score (nSPS) is 26.5. The number of allylic oxidation sites excluding steroid dienone is 1. The van der Waals surface area contributed by atoms with Crippen molar-refractivity contribution in [2.75, 3.05) is 21.3 Å². The van der Waals surface area contributed by atoms with Gasteiger partial charge >= 0.3 is 11.9 Å². The highest BCUT2D eigenvalue weighted by Gasteiger charge is 2.51. The van der Waals surface area contributed by atoms with Gasteiger partial charge in [-0.1, -0.05) is 54.6 Å². The van der Waals surface area contributed by atoms with Crippen LogP contribution in [0.15, 0.2) is 66.7 Å². The van der Waals surface area contributed by atoms with Crippen LogP contribution < -0.4 is 14.8 Å². The number of methoxy groups -OCH3 is 2. The second-order valence-corrected chi connectivity index (χ2v) is 13.7. The van der Waals surface area contributed by atoms with Crippen molar-refractivity contribution in [3.05, 3.63) is 77.9 Å². The van der Waals surface area contributed by atoms with E-state index in [0.29, 0.717) is 42.7 Å². The molecule has 0 radical (unpaired) electrons. The van der Waals surface area contributed by atoms with Crippen LogP contribution in [0, 0.1) is 23.2 Å². The number of rotatable bonds is 9. The molecule has 3 aromatic rings. The van der Waals surface area contributed by atoms with Crippen LogP contribution in [-0.2, 0) is 25.7 Å². The molecule has 6 rings (SSSR count). The zero-order valence-electron chi connectivity index (χ0n) is 26.9. The van der Waals surface area contributed by atoms with E-state index in [-0.39, 0.29) is 48.4 Å². The van der Waals surface area contributed by atoms with Crippen molar-refractivity contribution in [3.63, 3.8) is 0 Å². The second-order valence-electron chi connectivity index (χ2n) is 13.1. The van der Waals surface area contributed by atoms with Crippen LogP contribution >= 0.6 is 9.24 Å². The summed E-state index contributed by atoms with van der Waals surface area (Å²) in [7, 11) is 7.35. The van der Waals surface area contributed by atoms with Crippen molar-refractivity contribution >= 4 is 43.2 Å². The highest BCUT2D eigenvalue weighted by atomic mass is 31.0. The average molecular weight is 644 g/mol. The Morgan fingerprint density at radius 3 is 2.41 bits per heavy atom. The minimum absolute atomic E-state index is 0.0698. The fourth-order valence-corrected chi connectivity index (χ4v) is 7.88. The van der Waals surface area contributed by atoms with Gasteiger partial charge in [-0.2, -0.15) is 0 Å². The van der Waals surface area contributed by atoms with E-state index in [1.165, 1.54) is 14.2 Å². The van der Waals surface area contributed by atoms with Gasteiger partial charge < -0.3 is 23.8 Å². The number of ether oxygens (including phenoxy) is 4. The van der Waals surface area contributed by atoms with Crippen molar-refractivity contribution in [1.29, 1.82) is 0 Å². The lowest BCUT2D eigenvalue weighted by Crippen LogP contribution is -2.47. The molecule has 9 heteroatoms. The molecule has 0 aliphatic heterocycles. The maximum Gasteiger partial charge on any atom is 0.312 e. The zero-order chi connectivity index (χ0) is 32.6. The van der Waals surface area contributed by atoms with Gasteiger partial charge in [-0.3, -0.25) is 14.4 Å². The van der Waals surface area contributed by atoms with Crippen LogP contribution in [0.4, 0.5) is 0 Å². The van der Waals surface area contributed by atoms with Crippen molar-refractivity contribution in [2.24, 2.45) is 23.2 Å². The molecule has 0 aromatic heterocycles. The van der Waals surface area contributed by atoms with E-state index in [2.05, 4.69) is 33.5 Å². The fourth-order valence-electron chi connectivity index (χ4n) is 7.58. The molecule has 1 unspecified atom stereocenters. The number of nitrogens with zero attached hydrogens (tertiary/aromatic N) is 1. The molecule has 3 aliphatic carbocycles. The van der Waals surface area contributed by atoms with Crippen LogP contribution in [0.5, 0.6) is 11.5 Å². The number of hydrogen-bond acceptors (Lipinski definition) is 7. The first-order valence-electron chi connectivity index (χ1n) is 15.9. The lowest BCUT2D eigenvalue weighted by atomic mass is 9.74. The van der Waals surface area contributed by atoms with Crippen LogP contribution in [0.25, 0.3) is 10.8 Å². The molecule has 2 saturated carbocycles. The quantitative estimate of drug-likeness (QED) is 0.164. The van der Waals surface area contributed by atoms with E-state index >= 15 is 0 Å². The van der Waals surface area contributed by atoms with Gasteiger partial charge in [-0.05, 0) is 79.3 Å². The minimum Gasteiger partial charge on any atom is -0.496 e. The van der Waals surface area contributed by atoms with Crippen LogP contribution in [-0.4, -0.2) is 56.2 Å². The smallest absolute Gasteiger partial charge is 0.312 e. The highest BCUT2D eigenvalue weighted by Crippen LogP contribution is 2.47. The zero-order valence-corrected chi connectivity index (χ0v) is 28.0.